The number of aromatic hydroxyl groups is 1. The molecule has 0 atom stereocenters. The lowest BCUT2D eigenvalue weighted by Crippen LogP contribution is -2.23. The van der Waals surface area contributed by atoms with Crippen LogP contribution in [0.5, 0.6) is 5.88 Å². The molecule has 2 aliphatic rings. The van der Waals surface area contributed by atoms with Gasteiger partial charge < -0.3 is 15.4 Å². The van der Waals surface area contributed by atoms with E-state index in [0.29, 0.717) is 28.5 Å². The van der Waals surface area contributed by atoms with E-state index in [0.717, 1.165) is 30.7 Å². The van der Waals surface area contributed by atoms with Gasteiger partial charge in [-0.05, 0) is 37.7 Å². The minimum atomic E-state index is -0.461. The van der Waals surface area contributed by atoms with E-state index in [1.165, 1.54) is 25.7 Å². The number of hydrogen-bond donors (Lipinski definition) is 4. The summed E-state index contributed by atoms with van der Waals surface area (Å²) in [6.45, 7) is 0.798. The van der Waals surface area contributed by atoms with Crippen LogP contribution in [0.15, 0.2) is 22.1 Å². The molecule has 2 aliphatic carbocycles. The summed E-state index contributed by atoms with van der Waals surface area (Å²) in [7, 11) is 0. The van der Waals surface area contributed by atoms with Crippen LogP contribution in [-0.2, 0) is 0 Å². The fourth-order valence-electron chi connectivity index (χ4n) is 3.70. The standard InChI is InChI=1S/C19H23N7O2/c27-18-14(23-19(28)25-18)7-12-10-21-26-16(20-9-11-5-6-11)8-15(24-17(12)26)22-13-3-1-2-4-13/h7-8,10-11,13,22,27H,1-6,9H2,(H2,23,25,28). The Balaban J connectivity index is 1.63. The number of nitrogens with zero attached hydrogens (tertiary/aromatic N) is 4. The molecule has 0 spiro atoms. The van der Waals surface area contributed by atoms with Crippen molar-refractivity contribution < 1.29 is 5.11 Å². The molecule has 28 heavy (non-hydrogen) atoms. The number of aromatic amines is 2. The summed E-state index contributed by atoms with van der Waals surface area (Å²) < 4.78 is 1.72. The minimum Gasteiger partial charge on any atom is -0.493 e. The van der Waals surface area contributed by atoms with Gasteiger partial charge in [-0.2, -0.15) is 9.61 Å². The number of aromatic nitrogens is 5. The molecule has 2 fully saturated rings. The summed E-state index contributed by atoms with van der Waals surface area (Å²) in [5.74, 6) is 1.26. The van der Waals surface area contributed by atoms with Crippen LogP contribution in [0.25, 0.3) is 11.7 Å². The van der Waals surface area contributed by atoms with Crippen LogP contribution in [0.4, 0.5) is 5.82 Å². The van der Waals surface area contributed by atoms with E-state index in [1.54, 1.807) is 16.8 Å². The van der Waals surface area contributed by atoms with Crippen molar-refractivity contribution in [2.24, 2.45) is 10.9 Å². The van der Waals surface area contributed by atoms with Crippen LogP contribution in [0, 0.1) is 5.92 Å². The zero-order valence-corrected chi connectivity index (χ0v) is 15.5. The smallest absolute Gasteiger partial charge is 0.326 e. The van der Waals surface area contributed by atoms with Gasteiger partial charge in [0, 0.05) is 23.9 Å². The maximum atomic E-state index is 11.4. The Labute approximate surface area is 160 Å². The lowest BCUT2D eigenvalue weighted by atomic mass is 10.2. The number of nitrogens with one attached hydrogen (secondary N) is 3. The van der Waals surface area contributed by atoms with Gasteiger partial charge in [0.25, 0.3) is 0 Å². The number of anilines is 1. The second kappa shape index (κ2) is 6.81. The highest BCUT2D eigenvalue weighted by Gasteiger charge is 2.20. The van der Waals surface area contributed by atoms with Gasteiger partial charge in [0.2, 0.25) is 5.88 Å². The molecule has 3 heterocycles. The van der Waals surface area contributed by atoms with Gasteiger partial charge in [-0.15, -0.1) is 0 Å². The Kier molecular flexibility index (Phi) is 4.14. The molecule has 0 unspecified atom stereocenters. The first kappa shape index (κ1) is 17.0. The largest absolute Gasteiger partial charge is 0.493 e. The van der Waals surface area contributed by atoms with Gasteiger partial charge in [-0.1, -0.05) is 12.8 Å². The molecule has 9 heteroatoms. The van der Waals surface area contributed by atoms with E-state index in [2.05, 4.69) is 20.4 Å². The highest BCUT2D eigenvalue weighted by molar-refractivity contribution is 5.58. The van der Waals surface area contributed by atoms with Crippen molar-refractivity contribution in [3.63, 3.8) is 0 Å². The van der Waals surface area contributed by atoms with E-state index >= 15 is 0 Å². The fraction of sp³-hybridized carbons (Fsp3) is 0.474. The van der Waals surface area contributed by atoms with Crippen molar-refractivity contribution in [3.8, 4) is 5.88 Å². The van der Waals surface area contributed by atoms with Crippen LogP contribution < -0.4 is 21.7 Å². The first-order chi connectivity index (χ1) is 13.7. The maximum Gasteiger partial charge on any atom is 0.326 e. The maximum absolute atomic E-state index is 11.4. The topological polar surface area (TPSA) is 123 Å². The van der Waals surface area contributed by atoms with Gasteiger partial charge in [0.05, 0.1) is 6.20 Å². The number of fused-ring (bicyclic) bond motifs is 1. The lowest BCUT2D eigenvalue weighted by molar-refractivity contribution is 0.454. The summed E-state index contributed by atoms with van der Waals surface area (Å²) in [6, 6.07) is 2.40. The van der Waals surface area contributed by atoms with Gasteiger partial charge in [0.15, 0.2) is 11.1 Å². The fourth-order valence-corrected chi connectivity index (χ4v) is 3.70. The average Bonchev–Trinajstić information content (AvgIpc) is 3.03. The molecule has 3 aromatic rings. The van der Waals surface area contributed by atoms with Crippen molar-refractivity contribution in [2.45, 2.75) is 44.6 Å². The predicted molar refractivity (Wildman–Crippen MR) is 104 cm³/mol. The molecule has 9 nitrogen and oxygen atoms in total. The second-order valence-electron chi connectivity index (χ2n) is 7.73. The molecule has 4 N–H and O–H groups in total. The SMILES string of the molecule is O=c1[nH]c(O)c(C=c2cnn3c(=NCC4CC4)cc(NC4CCCC4)nc23)[nH]1. The first-order valence-electron chi connectivity index (χ1n) is 9.84. The van der Waals surface area contributed by atoms with Gasteiger partial charge in [-0.3, -0.25) is 9.98 Å². The van der Waals surface area contributed by atoms with Crippen LogP contribution in [0.1, 0.15) is 44.2 Å². The normalized spacial score (nSPS) is 19.1. The molecule has 146 valence electrons. The Bertz CT molecular complexity index is 1180. The molecule has 0 saturated heterocycles. The quantitative estimate of drug-likeness (QED) is 0.517. The summed E-state index contributed by atoms with van der Waals surface area (Å²) in [4.78, 5) is 25.8. The van der Waals surface area contributed by atoms with Gasteiger partial charge in [0.1, 0.15) is 11.5 Å². The summed E-state index contributed by atoms with van der Waals surface area (Å²) >= 11 is 0. The number of H-pyrrole nitrogens is 2. The van der Waals surface area contributed by atoms with Crippen LogP contribution >= 0.6 is 0 Å². The van der Waals surface area contributed by atoms with E-state index < -0.39 is 5.69 Å². The van der Waals surface area contributed by atoms with Crippen molar-refractivity contribution in [3.05, 3.63) is 39.1 Å². The Hall–Kier alpha value is -3.10. The molecular formula is C19H23N7O2. The summed E-state index contributed by atoms with van der Waals surface area (Å²) in [6.07, 6.45) is 10.6. The third-order valence-electron chi connectivity index (χ3n) is 5.43. The Morgan fingerprint density at radius 1 is 1.29 bits per heavy atom. The molecule has 3 aromatic heterocycles. The van der Waals surface area contributed by atoms with E-state index in [4.69, 9.17) is 9.98 Å². The third-order valence-corrected chi connectivity index (χ3v) is 5.43. The van der Waals surface area contributed by atoms with E-state index in [9.17, 15) is 9.90 Å². The molecule has 0 aromatic carbocycles. The minimum absolute atomic E-state index is 0.205. The number of hydrogen-bond acceptors (Lipinski definition) is 6. The summed E-state index contributed by atoms with van der Waals surface area (Å²) in [5.41, 5.74) is 1.24. The molecule has 0 amide bonds. The molecule has 5 rings (SSSR count). The Morgan fingerprint density at radius 3 is 2.82 bits per heavy atom. The summed E-state index contributed by atoms with van der Waals surface area (Å²) in [5, 5.41) is 18.5. The monoisotopic (exact) mass is 381 g/mol. The van der Waals surface area contributed by atoms with Crippen molar-refractivity contribution in [1.29, 1.82) is 0 Å². The van der Waals surface area contributed by atoms with Crippen molar-refractivity contribution in [1.82, 2.24) is 24.6 Å². The number of imidazole rings is 1. The van der Waals surface area contributed by atoms with E-state index in [1.807, 2.05) is 6.07 Å². The highest BCUT2D eigenvalue weighted by atomic mass is 16.3. The molecule has 2 saturated carbocycles. The lowest BCUT2D eigenvalue weighted by Gasteiger charge is -2.12. The first-order valence-corrected chi connectivity index (χ1v) is 9.84. The predicted octanol–water partition coefficient (Wildman–Crippen LogP) is 0.664. The van der Waals surface area contributed by atoms with Crippen LogP contribution in [0.3, 0.4) is 0 Å². The molecule has 0 aliphatic heterocycles. The van der Waals surface area contributed by atoms with E-state index in [-0.39, 0.29) is 5.88 Å². The zero-order valence-electron chi connectivity index (χ0n) is 15.5. The van der Waals surface area contributed by atoms with Gasteiger partial charge in [-0.25, -0.2) is 9.78 Å². The third kappa shape index (κ3) is 3.39. The van der Waals surface area contributed by atoms with Crippen molar-refractivity contribution >= 4 is 17.5 Å². The molecule has 0 radical (unpaired) electrons. The van der Waals surface area contributed by atoms with Crippen molar-refractivity contribution in [2.75, 3.05) is 11.9 Å². The van der Waals surface area contributed by atoms with Gasteiger partial charge >= 0.3 is 5.69 Å². The number of rotatable bonds is 5. The Morgan fingerprint density at radius 2 is 2.11 bits per heavy atom. The second-order valence-corrected chi connectivity index (χ2v) is 7.73. The van der Waals surface area contributed by atoms with Crippen LogP contribution in [0.2, 0.25) is 0 Å². The highest BCUT2D eigenvalue weighted by Crippen LogP contribution is 2.28. The molecular weight excluding hydrogens is 358 g/mol. The van der Waals surface area contributed by atoms with Crippen LogP contribution in [-0.4, -0.2) is 42.3 Å². The zero-order chi connectivity index (χ0) is 19.1. The molecule has 0 bridgehead atoms. The average molecular weight is 381 g/mol.